The Bertz CT molecular complexity index is 434. The Kier molecular flexibility index (Phi) is 3.11. The van der Waals surface area contributed by atoms with Gasteiger partial charge in [0.1, 0.15) is 0 Å². The van der Waals surface area contributed by atoms with Crippen LogP contribution in [0.15, 0.2) is 24.3 Å². The molecule has 0 aromatic heterocycles. The van der Waals surface area contributed by atoms with E-state index in [9.17, 15) is 4.79 Å². The lowest BCUT2D eigenvalue weighted by molar-refractivity contribution is -0.122. The molecule has 0 bridgehead atoms. The van der Waals surface area contributed by atoms with Gasteiger partial charge in [-0.3, -0.25) is 4.79 Å². The molecule has 3 heteroatoms. The zero-order valence-electron chi connectivity index (χ0n) is 8.99. The lowest BCUT2D eigenvalue weighted by Gasteiger charge is -2.25. The standard InChI is InChI=1S/C13H14N2O/c1-2-8-15-13(16)11-7-9-14-12-6-4-3-5-10(11)12/h1,3-6,11,14H,7-9H2,(H,15,16). The van der Waals surface area contributed by atoms with Crippen molar-refractivity contribution < 1.29 is 4.79 Å². The predicted molar refractivity (Wildman–Crippen MR) is 64.1 cm³/mol. The van der Waals surface area contributed by atoms with Crippen molar-refractivity contribution >= 4 is 11.6 Å². The average molecular weight is 214 g/mol. The second kappa shape index (κ2) is 4.71. The molecule has 3 nitrogen and oxygen atoms in total. The van der Waals surface area contributed by atoms with E-state index in [1.165, 1.54) is 0 Å². The SMILES string of the molecule is C#CCNC(=O)C1CCNc2ccccc21. The fraction of sp³-hybridized carbons (Fsp3) is 0.308. The third-order valence-corrected chi connectivity index (χ3v) is 2.77. The molecule has 0 aliphatic carbocycles. The third kappa shape index (κ3) is 2.01. The van der Waals surface area contributed by atoms with Crippen molar-refractivity contribution in [2.24, 2.45) is 0 Å². The van der Waals surface area contributed by atoms with Gasteiger partial charge in [0.2, 0.25) is 5.91 Å². The van der Waals surface area contributed by atoms with E-state index < -0.39 is 0 Å². The van der Waals surface area contributed by atoms with Crippen molar-refractivity contribution in [2.45, 2.75) is 12.3 Å². The van der Waals surface area contributed by atoms with Gasteiger partial charge < -0.3 is 10.6 Å². The lowest BCUT2D eigenvalue weighted by atomic mass is 9.90. The highest BCUT2D eigenvalue weighted by Gasteiger charge is 2.25. The van der Waals surface area contributed by atoms with E-state index in [-0.39, 0.29) is 11.8 Å². The highest BCUT2D eigenvalue weighted by molar-refractivity contribution is 5.86. The van der Waals surface area contributed by atoms with Crippen molar-refractivity contribution in [3.05, 3.63) is 29.8 Å². The number of carbonyl (C=O) groups excluding carboxylic acids is 1. The molecule has 1 aliphatic heterocycles. The van der Waals surface area contributed by atoms with Crippen LogP contribution in [-0.2, 0) is 4.79 Å². The third-order valence-electron chi connectivity index (χ3n) is 2.77. The summed E-state index contributed by atoms with van der Waals surface area (Å²) in [6.45, 7) is 1.12. The van der Waals surface area contributed by atoms with E-state index in [0.29, 0.717) is 6.54 Å². The van der Waals surface area contributed by atoms with E-state index >= 15 is 0 Å². The van der Waals surface area contributed by atoms with Gasteiger partial charge in [0.15, 0.2) is 0 Å². The maximum Gasteiger partial charge on any atom is 0.228 e. The molecule has 1 heterocycles. The Hall–Kier alpha value is -1.95. The van der Waals surface area contributed by atoms with E-state index in [4.69, 9.17) is 6.42 Å². The molecule has 0 fully saturated rings. The second-order valence-electron chi connectivity index (χ2n) is 3.78. The van der Waals surface area contributed by atoms with Crippen LogP contribution >= 0.6 is 0 Å². The Balaban J connectivity index is 2.19. The summed E-state index contributed by atoms with van der Waals surface area (Å²) in [5, 5.41) is 6.02. The number of fused-ring (bicyclic) bond motifs is 1. The van der Waals surface area contributed by atoms with Crippen molar-refractivity contribution in [1.82, 2.24) is 5.32 Å². The number of anilines is 1. The van der Waals surface area contributed by atoms with Gasteiger partial charge in [-0.2, -0.15) is 0 Å². The Morgan fingerprint density at radius 2 is 2.38 bits per heavy atom. The van der Waals surface area contributed by atoms with Gasteiger partial charge in [0.05, 0.1) is 12.5 Å². The van der Waals surface area contributed by atoms with Crippen LogP contribution in [0.3, 0.4) is 0 Å². The molecule has 1 aromatic carbocycles. The van der Waals surface area contributed by atoms with Crippen LogP contribution < -0.4 is 10.6 Å². The van der Waals surface area contributed by atoms with Gasteiger partial charge in [-0.15, -0.1) is 6.42 Å². The summed E-state index contributed by atoms with van der Waals surface area (Å²) < 4.78 is 0. The Morgan fingerprint density at radius 3 is 3.19 bits per heavy atom. The van der Waals surface area contributed by atoms with Gasteiger partial charge in [-0.05, 0) is 18.1 Å². The Labute approximate surface area is 95.2 Å². The van der Waals surface area contributed by atoms with Crippen LogP contribution in [0.4, 0.5) is 5.69 Å². The minimum absolute atomic E-state index is 0.0203. The molecular formula is C13H14N2O. The minimum atomic E-state index is -0.0780. The first kappa shape index (κ1) is 10.6. The molecule has 2 N–H and O–H groups in total. The smallest absolute Gasteiger partial charge is 0.228 e. The highest BCUT2D eigenvalue weighted by Crippen LogP contribution is 2.31. The number of terminal acetylenes is 1. The van der Waals surface area contributed by atoms with E-state index in [2.05, 4.69) is 16.6 Å². The zero-order valence-corrected chi connectivity index (χ0v) is 8.99. The largest absolute Gasteiger partial charge is 0.385 e. The summed E-state index contributed by atoms with van der Waals surface area (Å²) >= 11 is 0. The number of amides is 1. The topological polar surface area (TPSA) is 41.1 Å². The molecule has 1 unspecified atom stereocenters. The molecular weight excluding hydrogens is 200 g/mol. The Morgan fingerprint density at radius 1 is 1.56 bits per heavy atom. The summed E-state index contributed by atoms with van der Waals surface area (Å²) in [4.78, 5) is 11.9. The number of carbonyl (C=O) groups is 1. The number of hydrogen-bond acceptors (Lipinski definition) is 2. The van der Waals surface area contributed by atoms with Gasteiger partial charge in [-0.1, -0.05) is 24.1 Å². The number of rotatable bonds is 2. The minimum Gasteiger partial charge on any atom is -0.385 e. The molecule has 0 saturated heterocycles. The molecule has 0 spiro atoms. The van der Waals surface area contributed by atoms with Crippen molar-refractivity contribution in [1.29, 1.82) is 0 Å². The molecule has 0 radical (unpaired) electrons. The monoisotopic (exact) mass is 214 g/mol. The fourth-order valence-electron chi connectivity index (χ4n) is 2.00. The quantitative estimate of drug-likeness (QED) is 0.729. The molecule has 1 aliphatic rings. The highest BCUT2D eigenvalue weighted by atomic mass is 16.1. The van der Waals surface area contributed by atoms with Crippen LogP contribution in [0.5, 0.6) is 0 Å². The molecule has 2 rings (SSSR count). The van der Waals surface area contributed by atoms with E-state index in [0.717, 1.165) is 24.2 Å². The molecule has 1 aromatic rings. The zero-order chi connectivity index (χ0) is 11.4. The summed E-state index contributed by atoms with van der Waals surface area (Å²) in [7, 11) is 0. The molecule has 0 saturated carbocycles. The molecule has 1 atom stereocenters. The lowest BCUT2D eigenvalue weighted by Crippen LogP contribution is -2.33. The molecule has 16 heavy (non-hydrogen) atoms. The maximum absolute atomic E-state index is 11.9. The van der Waals surface area contributed by atoms with Crippen molar-refractivity contribution in [3.63, 3.8) is 0 Å². The average Bonchev–Trinajstić information content (AvgIpc) is 2.35. The molecule has 1 amide bonds. The predicted octanol–water partition coefficient (Wildman–Crippen LogP) is 1.34. The fourth-order valence-corrected chi connectivity index (χ4v) is 2.00. The van der Waals surface area contributed by atoms with Crippen LogP contribution in [0.25, 0.3) is 0 Å². The van der Waals surface area contributed by atoms with Crippen LogP contribution in [0, 0.1) is 12.3 Å². The van der Waals surface area contributed by atoms with Crippen molar-refractivity contribution in [2.75, 3.05) is 18.4 Å². The van der Waals surface area contributed by atoms with Crippen molar-refractivity contribution in [3.8, 4) is 12.3 Å². The van der Waals surface area contributed by atoms with E-state index in [1.807, 2.05) is 24.3 Å². The van der Waals surface area contributed by atoms with Gasteiger partial charge in [0.25, 0.3) is 0 Å². The van der Waals surface area contributed by atoms with Gasteiger partial charge in [-0.25, -0.2) is 0 Å². The molecule has 82 valence electrons. The summed E-state index contributed by atoms with van der Waals surface area (Å²) in [5.41, 5.74) is 2.11. The summed E-state index contributed by atoms with van der Waals surface area (Å²) in [6.07, 6.45) is 5.94. The first-order valence-corrected chi connectivity index (χ1v) is 5.37. The number of hydrogen-bond donors (Lipinski definition) is 2. The van der Waals surface area contributed by atoms with Crippen LogP contribution in [0.1, 0.15) is 17.9 Å². The summed E-state index contributed by atoms with van der Waals surface area (Å²) in [6, 6.07) is 7.90. The van der Waals surface area contributed by atoms with Crippen LogP contribution in [0.2, 0.25) is 0 Å². The second-order valence-corrected chi connectivity index (χ2v) is 3.78. The van der Waals surface area contributed by atoms with Gasteiger partial charge >= 0.3 is 0 Å². The number of para-hydroxylation sites is 1. The number of nitrogens with one attached hydrogen (secondary N) is 2. The van der Waals surface area contributed by atoms with Crippen LogP contribution in [-0.4, -0.2) is 19.0 Å². The maximum atomic E-state index is 11.9. The number of benzene rings is 1. The summed E-state index contributed by atoms with van der Waals surface area (Å²) in [5.74, 6) is 2.36. The first-order chi connectivity index (χ1) is 7.83. The normalized spacial score (nSPS) is 17.8. The first-order valence-electron chi connectivity index (χ1n) is 5.37. The van der Waals surface area contributed by atoms with Gasteiger partial charge in [0, 0.05) is 12.2 Å². The van der Waals surface area contributed by atoms with E-state index in [1.54, 1.807) is 0 Å².